The van der Waals surface area contributed by atoms with Crippen LogP contribution in [-0.4, -0.2) is 29.9 Å². The number of rotatable bonds is 6. The molecule has 1 aromatic heterocycles. The summed E-state index contributed by atoms with van der Waals surface area (Å²) in [5.41, 5.74) is 4.42. The number of aromatic amines is 1. The molecule has 0 saturated carbocycles. The van der Waals surface area contributed by atoms with E-state index in [0.29, 0.717) is 39.9 Å². The van der Waals surface area contributed by atoms with Gasteiger partial charge in [-0.2, -0.15) is 5.10 Å². The molecule has 0 saturated heterocycles. The van der Waals surface area contributed by atoms with Crippen LogP contribution in [0.1, 0.15) is 23.7 Å². The summed E-state index contributed by atoms with van der Waals surface area (Å²) in [6.45, 7) is 5.83. The van der Waals surface area contributed by atoms with E-state index in [9.17, 15) is 4.79 Å². The number of methoxy groups -OCH3 is 1. The van der Waals surface area contributed by atoms with Gasteiger partial charge in [-0.15, -0.1) is 0 Å². The third-order valence-corrected chi connectivity index (χ3v) is 3.60. The van der Waals surface area contributed by atoms with Gasteiger partial charge in [0.15, 0.2) is 11.5 Å². The average molecular weight is 351 g/mol. The molecule has 2 rings (SSSR count). The first kappa shape index (κ1) is 17.8. The number of benzene rings is 1. The van der Waals surface area contributed by atoms with Gasteiger partial charge in [0, 0.05) is 11.3 Å². The van der Waals surface area contributed by atoms with Crippen LogP contribution in [0.5, 0.6) is 11.5 Å². The van der Waals surface area contributed by atoms with Crippen molar-refractivity contribution in [2.45, 2.75) is 20.8 Å². The third-order valence-electron chi connectivity index (χ3n) is 3.31. The number of aryl methyl sites for hydroxylation is 1. The molecule has 0 fully saturated rings. The molecule has 0 bridgehead atoms. The van der Waals surface area contributed by atoms with Crippen molar-refractivity contribution in [1.29, 1.82) is 0 Å². The van der Waals surface area contributed by atoms with Crippen LogP contribution < -0.4 is 20.5 Å². The molecular weight excluding hydrogens is 332 g/mol. The van der Waals surface area contributed by atoms with Crippen LogP contribution in [0.3, 0.4) is 0 Å². The summed E-state index contributed by atoms with van der Waals surface area (Å²) in [4.78, 5) is 18.5. The van der Waals surface area contributed by atoms with E-state index in [1.807, 2.05) is 6.92 Å². The quantitative estimate of drug-likeness (QED) is 0.617. The Kier molecular flexibility index (Phi) is 5.81. The van der Waals surface area contributed by atoms with Gasteiger partial charge in [-0.05, 0) is 38.5 Å². The predicted octanol–water partition coefficient (Wildman–Crippen LogP) is 2.89. The van der Waals surface area contributed by atoms with Crippen molar-refractivity contribution in [1.82, 2.24) is 9.97 Å². The van der Waals surface area contributed by atoms with Gasteiger partial charge in [-0.3, -0.25) is 9.78 Å². The lowest BCUT2D eigenvalue weighted by molar-refractivity contribution is 0.311. The number of hydrogen-bond donors (Lipinski definition) is 2. The number of hydrogen-bond acceptors (Lipinski definition) is 6. The number of aromatic nitrogens is 2. The zero-order valence-corrected chi connectivity index (χ0v) is 14.7. The Balaban J connectivity index is 2.21. The Morgan fingerprint density at radius 2 is 2.17 bits per heavy atom. The lowest BCUT2D eigenvalue weighted by atomic mass is 10.2. The second-order valence-corrected chi connectivity index (χ2v) is 5.37. The first-order valence-electron chi connectivity index (χ1n) is 7.33. The second-order valence-electron chi connectivity index (χ2n) is 4.96. The zero-order valence-electron chi connectivity index (χ0n) is 13.9. The summed E-state index contributed by atoms with van der Waals surface area (Å²) in [7, 11) is 1.53. The monoisotopic (exact) mass is 350 g/mol. The average Bonchev–Trinajstić information content (AvgIpc) is 2.53. The smallest absolute Gasteiger partial charge is 0.255 e. The maximum absolute atomic E-state index is 11.7. The molecule has 1 heterocycles. The van der Waals surface area contributed by atoms with Crippen LogP contribution in [0.4, 0.5) is 5.95 Å². The molecule has 0 radical (unpaired) electrons. The van der Waals surface area contributed by atoms with Crippen LogP contribution in [0.15, 0.2) is 22.0 Å². The second kappa shape index (κ2) is 7.83. The molecular formula is C16H19ClN4O3. The molecule has 128 valence electrons. The van der Waals surface area contributed by atoms with Gasteiger partial charge in [0.25, 0.3) is 5.56 Å². The van der Waals surface area contributed by atoms with E-state index < -0.39 is 0 Å². The molecule has 2 N–H and O–H groups in total. The van der Waals surface area contributed by atoms with Crippen LogP contribution in [0.25, 0.3) is 0 Å². The Morgan fingerprint density at radius 3 is 2.79 bits per heavy atom. The molecule has 0 unspecified atom stereocenters. The molecule has 0 aliphatic rings. The first-order valence-corrected chi connectivity index (χ1v) is 7.71. The highest BCUT2D eigenvalue weighted by Gasteiger charge is 2.10. The lowest BCUT2D eigenvalue weighted by Gasteiger charge is -2.11. The standard InChI is InChI=1S/C16H19ClN4O3/c1-5-24-13-7-11(6-12(17)14(13)23-4)8-18-21-16-19-10(3)9(2)15(22)20-16/h6-8H,5H2,1-4H3,(H2,19,20,21,22)/b18-8-. The van der Waals surface area contributed by atoms with Crippen molar-refractivity contribution in [3.8, 4) is 11.5 Å². The minimum absolute atomic E-state index is 0.202. The number of hydrazone groups is 1. The summed E-state index contributed by atoms with van der Waals surface area (Å²) in [6, 6.07) is 3.46. The normalized spacial score (nSPS) is 10.9. The first-order chi connectivity index (χ1) is 11.5. The highest BCUT2D eigenvalue weighted by Crippen LogP contribution is 2.35. The fourth-order valence-corrected chi connectivity index (χ4v) is 2.29. The van der Waals surface area contributed by atoms with Gasteiger partial charge in [0.05, 0.1) is 25.0 Å². The van der Waals surface area contributed by atoms with Gasteiger partial charge in [0.1, 0.15) is 0 Å². The summed E-state index contributed by atoms with van der Waals surface area (Å²) in [5, 5.41) is 4.48. The summed E-state index contributed by atoms with van der Waals surface area (Å²) < 4.78 is 10.7. The Morgan fingerprint density at radius 1 is 1.42 bits per heavy atom. The Bertz CT molecular complexity index is 818. The van der Waals surface area contributed by atoms with Crippen molar-refractivity contribution in [3.63, 3.8) is 0 Å². The van der Waals surface area contributed by atoms with Crippen molar-refractivity contribution >= 4 is 23.8 Å². The number of nitrogens with one attached hydrogen (secondary N) is 2. The highest BCUT2D eigenvalue weighted by molar-refractivity contribution is 6.32. The molecule has 0 amide bonds. The minimum Gasteiger partial charge on any atom is -0.491 e. The molecule has 1 aromatic carbocycles. The number of H-pyrrole nitrogens is 1. The number of halogens is 1. The van der Waals surface area contributed by atoms with Gasteiger partial charge in [0.2, 0.25) is 5.95 Å². The van der Waals surface area contributed by atoms with E-state index in [4.69, 9.17) is 21.1 Å². The number of nitrogens with zero attached hydrogens (tertiary/aromatic N) is 2. The van der Waals surface area contributed by atoms with Crippen molar-refractivity contribution in [2.75, 3.05) is 19.1 Å². The summed E-state index contributed by atoms with van der Waals surface area (Å²) in [6.07, 6.45) is 1.54. The summed E-state index contributed by atoms with van der Waals surface area (Å²) in [5.74, 6) is 1.28. The predicted molar refractivity (Wildman–Crippen MR) is 94.7 cm³/mol. The Labute approximate surface area is 144 Å². The molecule has 0 aliphatic heterocycles. The fraction of sp³-hybridized carbons (Fsp3) is 0.312. The van der Waals surface area contributed by atoms with Crippen LogP contribution in [-0.2, 0) is 0 Å². The Hall–Kier alpha value is -2.54. The van der Waals surface area contributed by atoms with Crippen molar-refractivity contribution < 1.29 is 9.47 Å². The van der Waals surface area contributed by atoms with E-state index >= 15 is 0 Å². The summed E-state index contributed by atoms with van der Waals surface area (Å²) >= 11 is 6.18. The highest BCUT2D eigenvalue weighted by atomic mass is 35.5. The number of ether oxygens (including phenoxy) is 2. The van der Waals surface area contributed by atoms with E-state index in [1.54, 1.807) is 32.2 Å². The zero-order chi connectivity index (χ0) is 17.7. The van der Waals surface area contributed by atoms with Crippen LogP contribution in [0.2, 0.25) is 5.02 Å². The minimum atomic E-state index is -0.202. The van der Waals surface area contributed by atoms with Crippen LogP contribution >= 0.6 is 11.6 Å². The molecule has 8 heteroatoms. The SMILES string of the molecule is CCOc1cc(/C=N\Nc2nc(C)c(C)c(=O)[nH]2)cc(Cl)c1OC. The van der Waals surface area contributed by atoms with Gasteiger partial charge in [-0.25, -0.2) is 10.4 Å². The van der Waals surface area contributed by atoms with Gasteiger partial charge >= 0.3 is 0 Å². The molecule has 7 nitrogen and oxygen atoms in total. The topological polar surface area (TPSA) is 88.6 Å². The fourth-order valence-electron chi connectivity index (χ4n) is 1.99. The number of anilines is 1. The maximum atomic E-state index is 11.7. The van der Waals surface area contributed by atoms with Gasteiger partial charge < -0.3 is 9.47 Å². The maximum Gasteiger partial charge on any atom is 0.255 e. The van der Waals surface area contributed by atoms with E-state index in [0.717, 1.165) is 0 Å². The van der Waals surface area contributed by atoms with Gasteiger partial charge in [-0.1, -0.05) is 11.6 Å². The largest absolute Gasteiger partial charge is 0.491 e. The molecule has 0 atom stereocenters. The van der Waals surface area contributed by atoms with Crippen molar-refractivity contribution in [3.05, 3.63) is 44.3 Å². The molecule has 2 aromatic rings. The van der Waals surface area contributed by atoms with E-state index in [-0.39, 0.29) is 11.5 Å². The van der Waals surface area contributed by atoms with Crippen LogP contribution in [0, 0.1) is 13.8 Å². The van der Waals surface area contributed by atoms with Crippen molar-refractivity contribution in [2.24, 2.45) is 5.10 Å². The third kappa shape index (κ3) is 4.05. The molecule has 24 heavy (non-hydrogen) atoms. The molecule has 0 aliphatic carbocycles. The lowest BCUT2D eigenvalue weighted by Crippen LogP contribution is -2.15. The van der Waals surface area contributed by atoms with E-state index in [1.165, 1.54) is 7.11 Å². The van der Waals surface area contributed by atoms with E-state index in [2.05, 4.69) is 20.5 Å². The molecule has 0 spiro atoms.